The Morgan fingerprint density at radius 3 is 2.61 bits per heavy atom. The highest BCUT2D eigenvalue weighted by molar-refractivity contribution is 5.78. The molecule has 0 amide bonds. The number of esters is 1. The summed E-state index contributed by atoms with van der Waals surface area (Å²) in [5.41, 5.74) is 0. The van der Waals surface area contributed by atoms with Gasteiger partial charge in [0.05, 0.1) is 6.61 Å². The Morgan fingerprint density at radius 1 is 1.33 bits per heavy atom. The maximum Gasteiger partial charge on any atom is 0.323 e. The molecule has 5 heteroatoms. The van der Waals surface area contributed by atoms with Crippen LogP contribution in [0.15, 0.2) is 0 Å². The lowest BCUT2D eigenvalue weighted by Crippen LogP contribution is -2.52. The molecule has 0 saturated carbocycles. The number of carbonyl (C=O) groups is 1. The Balaban J connectivity index is 1.71. The van der Waals surface area contributed by atoms with E-state index in [1.807, 2.05) is 13.8 Å². The SMILES string of the molecule is CCOCCN1CCN(C2CC(C)OC2=O)CC1. The summed E-state index contributed by atoms with van der Waals surface area (Å²) in [7, 11) is 0. The Bertz CT molecular complexity index is 277. The van der Waals surface area contributed by atoms with E-state index < -0.39 is 0 Å². The molecule has 2 atom stereocenters. The van der Waals surface area contributed by atoms with Crippen molar-refractivity contribution in [2.75, 3.05) is 45.9 Å². The zero-order valence-electron chi connectivity index (χ0n) is 11.4. The minimum atomic E-state index is -0.0368. The third-order valence-electron chi connectivity index (χ3n) is 3.75. The van der Waals surface area contributed by atoms with Gasteiger partial charge in [0.25, 0.3) is 0 Å². The number of cyclic esters (lactones) is 1. The molecule has 0 aromatic rings. The van der Waals surface area contributed by atoms with Gasteiger partial charge in [-0.15, -0.1) is 0 Å². The lowest BCUT2D eigenvalue weighted by Gasteiger charge is -2.36. The Morgan fingerprint density at radius 2 is 2.06 bits per heavy atom. The normalized spacial score (nSPS) is 30.7. The molecule has 2 rings (SSSR count). The maximum absolute atomic E-state index is 11.7. The molecule has 2 aliphatic heterocycles. The van der Waals surface area contributed by atoms with E-state index in [-0.39, 0.29) is 18.1 Å². The molecule has 0 aromatic carbocycles. The molecule has 2 fully saturated rings. The zero-order chi connectivity index (χ0) is 13.0. The van der Waals surface area contributed by atoms with Crippen molar-refractivity contribution < 1.29 is 14.3 Å². The summed E-state index contributed by atoms with van der Waals surface area (Å²) in [6, 6.07) is -0.00552. The van der Waals surface area contributed by atoms with Crippen molar-refractivity contribution in [3.63, 3.8) is 0 Å². The number of ether oxygens (including phenoxy) is 2. The average molecular weight is 256 g/mol. The summed E-state index contributed by atoms with van der Waals surface area (Å²) in [5.74, 6) is -0.0368. The van der Waals surface area contributed by atoms with Crippen molar-refractivity contribution in [1.82, 2.24) is 9.80 Å². The summed E-state index contributed by atoms with van der Waals surface area (Å²) >= 11 is 0. The van der Waals surface area contributed by atoms with E-state index in [1.165, 1.54) is 0 Å². The van der Waals surface area contributed by atoms with Crippen LogP contribution in [0.25, 0.3) is 0 Å². The molecule has 0 spiro atoms. The average Bonchev–Trinajstić information content (AvgIpc) is 2.70. The van der Waals surface area contributed by atoms with Gasteiger partial charge in [-0.2, -0.15) is 0 Å². The molecule has 5 nitrogen and oxygen atoms in total. The lowest BCUT2D eigenvalue weighted by molar-refractivity contribution is -0.145. The van der Waals surface area contributed by atoms with Crippen molar-refractivity contribution >= 4 is 5.97 Å². The third kappa shape index (κ3) is 3.43. The van der Waals surface area contributed by atoms with Crippen LogP contribution in [0.1, 0.15) is 20.3 Å². The van der Waals surface area contributed by atoms with E-state index in [0.29, 0.717) is 0 Å². The minimum Gasteiger partial charge on any atom is -0.461 e. The second-order valence-electron chi connectivity index (χ2n) is 5.07. The first kappa shape index (κ1) is 13.8. The molecule has 2 heterocycles. The van der Waals surface area contributed by atoms with Crippen LogP contribution in [0.5, 0.6) is 0 Å². The molecule has 2 aliphatic rings. The molecule has 2 saturated heterocycles. The van der Waals surface area contributed by atoms with Gasteiger partial charge in [-0.05, 0) is 13.8 Å². The highest BCUT2D eigenvalue weighted by Crippen LogP contribution is 2.20. The van der Waals surface area contributed by atoms with Crippen LogP contribution in [0.2, 0.25) is 0 Å². The summed E-state index contributed by atoms with van der Waals surface area (Å²) in [6.45, 7) is 10.5. The number of carbonyl (C=O) groups excluding carboxylic acids is 1. The molecule has 0 N–H and O–H groups in total. The molecular formula is C13H24N2O3. The van der Waals surface area contributed by atoms with Crippen LogP contribution >= 0.6 is 0 Å². The quantitative estimate of drug-likeness (QED) is 0.524. The second-order valence-corrected chi connectivity index (χ2v) is 5.07. The van der Waals surface area contributed by atoms with Gasteiger partial charge in [-0.25, -0.2) is 0 Å². The largest absolute Gasteiger partial charge is 0.461 e. The van der Waals surface area contributed by atoms with Crippen LogP contribution in [-0.2, 0) is 14.3 Å². The van der Waals surface area contributed by atoms with E-state index in [1.54, 1.807) is 0 Å². The van der Waals surface area contributed by atoms with Gasteiger partial charge >= 0.3 is 5.97 Å². The highest BCUT2D eigenvalue weighted by atomic mass is 16.6. The van der Waals surface area contributed by atoms with Crippen LogP contribution in [0.4, 0.5) is 0 Å². The predicted octanol–water partition coefficient (Wildman–Crippen LogP) is 0.345. The summed E-state index contributed by atoms with van der Waals surface area (Å²) in [4.78, 5) is 16.3. The van der Waals surface area contributed by atoms with Crippen molar-refractivity contribution in [3.8, 4) is 0 Å². The van der Waals surface area contributed by atoms with E-state index in [0.717, 1.165) is 52.4 Å². The van der Waals surface area contributed by atoms with Crippen LogP contribution < -0.4 is 0 Å². The first-order chi connectivity index (χ1) is 8.70. The molecule has 104 valence electrons. The number of rotatable bonds is 5. The number of piperazine rings is 1. The van der Waals surface area contributed by atoms with Crippen molar-refractivity contribution in [3.05, 3.63) is 0 Å². The summed E-state index contributed by atoms with van der Waals surface area (Å²) in [6.07, 6.45) is 0.927. The fourth-order valence-electron chi connectivity index (χ4n) is 2.67. The van der Waals surface area contributed by atoms with Gasteiger partial charge in [0.1, 0.15) is 12.1 Å². The van der Waals surface area contributed by atoms with Gasteiger partial charge in [0, 0.05) is 45.8 Å². The standard InChI is InChI=1S/C13H24N2O3/c1-3-17-9-8-14-4-6-15(7-5-14)12-10-11(2)18-13(12)16/h11-12H,3-10H2,1-2H3. The van der Waals surface area contributed by atoms with E-state index in [4.69, 9.17) is 9.47 Å². The number of hydrogen-bond donors (Lipinski definition) is 0. The summed E-state index contributed by atoms with van der Waals surface area (Å²) in [5, 5.41) is 0. The Kier molecular flexibility index (Phi) is 4.97. The van der Waals surface area contributed by atoms with Crippen LogP contribution in [0.3, 0.4) is 0 Å². The number of nitrogens with zero attached hydrogens (tertiary/aromatic N) is 2. The van der Waals surface area contributed by atoms with E-state index in [9.17, 15) is 4.79 Å². The van der Waals surface area contributed by atoms with E-state index in [2.05, 4.69) is 9.80 Å². The highest BCUT2D eigenvalue weighted by Gasteiger charge is 2.37. The lowest BCUT2D eigenvalue weighted by atomic mass is 10.1. The molecular weight excluding hydrogens is 232 g/mol. The summed E-state index contributed by atoms with van der Waals surface area (Å²) < 4.78 is 10.6. The smallest absolute Gasteiger partial charge is 0.323 e. The molecule has 18 heavy (non-hydrogen) atoms. The van der Waals surface area contributed by atoms with Crippen molar-refractivity contribution in [2.24, 2.45) is 0 Å². The van der Waals surface area contributed by atoms with Gasteiger partial charge in [-0.3, -0.25) is 14.6 Å². The molecule has 0 bridgehead atoms. The van der Waals surface area contributed by atoms with Gasteiger partial charge < -0.3 is 9.47 Å². The Labute approximate surface area is 109 Å². The fourth-order valence-corrected chi connectivity index (χ4v) is 2.67. The molecule has 0 radical (unpaired) electrons. The van der Waals surface area contributed by atoms with Gasteiger partial charge in [-0.1, -0.05) is 0 Å². The third-order valence-corrected chi connectivity index (χ3v) is 3.75. The molecule has 2 unspecified atom stereocenters. The van der Waals surface area contributed by atoms with Gasteiger partial charge in [0.15, 0.2) is 0 Å². The molecule has 0 aromatic heterocycles. The maximum atomic E-state index is 11.7. The molecule has 0 aliphatic carbocycles. The number of hydrogen-bond acceptors (Lipinski definition) is 5. The second kappa shape index (κ2) is 6.50. The predicted molar refractivity (Wildman–Crippen MR) is 68.5 cm³/mol. The van der Waals surface area contributed by atoms with Crippen LogP contribution in [0, 0.1) is 0 Å². The zero-order valence-corrected chi connectivity index (χ0v) is 11.4. The van der Waals surface area contributed by atoms with E-state index >= 15 is 0 Å². The monoisotopic (exact) mass is 256 g/mol. The minimum absolute atomic E-state index is 0.00552. The fraction of sp³-hybridized carbons (Fsp3) is 0.923. The van der Waals surface area contributed by atoms with Crippen molar-refractivity contribution in [2.45, 2.75) is 32.4 Å². The first-order valence-corrected chi connectivity index (χ1v) is 6.95. The first-order valence-electron chi connectivity index (χ1n) is 6.95. The van der Waals surface area contributed by atoms with Crippen molar-refractivity contribution in [1.29, 1.82) is 0 Å². The van der Waals surface area contributed by atoms with Gasteiger partial charge in [0.2, 0.25) is 0 Å². The Hall–Kier alpha value is -0.650. The van der Waals surface area contributed by atoms with Crippen LogP contribution in [-0.4, -0.2) is 73.9 Å². The topological polar surface area (TPSA) is 42.0 Å².